The molecule has 0 radical (unpaired) electrons. The number of rotatable bonds is 7. The van der Waals surface area contributed by atoms with E-state index < -0.39 is 20.0 Å². The Morgan fingerprint density at radius 3 is 2.62 bits per heavy atom. The van der Waals surface area contributed by atoms with Crippen molar-refractivity contribution < 1.29 is 14.0 Å². The van der Waals surface area contributed by atoms with Crippen LogP contribution in [0.4, 0.5) is 10.6 Å². The summed E-state index contributed by atoms with van der Waals surface area (Å²) in [5.41, 5.74) is 0.0666. The van der Waals surface area contributed by atoms with Gasteiger partial charge in [-0.05, 0) is 80.3 Å². The largest absolute Gasteiger partial charge is 0.443 e. The highest BCUT2D eigenvalue weighted by molar-refractivity contribution is 9.10. The number of amides is 1. The van der Waals surface area contributed by atoms with Crippen LogP contribution in [0.5, 0.6) is 0 Å². The molecule has 1 aliphatic heterocycles. The number of fused-ring (bicyclic) bond motifs is 1. The SMILES string of the molecule is CC(C)(C)OC(=O)N(CCN1CCC[C@H]1CO[Si](C)(C)C(C)(C)C)c1ccn2ncc(Br)c2n1. The normalized spacial score (nSPS) is 18.0. The summed E-state index contributed by atoms with van der Waals surface area (Å²) in [5.74, 6) is 0.552. The number of aromatic nitrogens is 3. The summed E-state index contributed by atoms with van der Waals surface area (Å²) < 4.78 is 14.7. The van der Waals surface area contributed by atoms with Gasteiger partial charge < -0.3 is 9.16 Å². The summed E-state index contributed by atoms with van der Waals surface area (Å²) in [5, 5.41) is 4.44. The Balaban J connectivity index is 1.74. The Morgan fingerprint density at radius 1 is 1.26 bits per heavy atom. The van der Waals surface area contributed by atoms with Gasteiger partial charge >= 0.3 is 6.09 Å². The van der Waals surface area contributed by atoms with Crippen LogP contribution in [0.3, 0.4) is 0 Å². The standard InChI is InChI=1S/C24H40BrN5O3Si/c1-23(2,3)33-22(31)29(20-11-13-30-21(27-20)19(25)16-26-30)15-14-28-12-9-10-18(28)17-32-34(7,8)24(4,5)6/h11,13,16,18H,9-10,12,14-15,17H2,1-8H3/t18-/m0/s1. The molecule has 0 spiro atoms. The van der Waals surface area contributed by atoms with Gasteiger partial charge in [0.15, 0.2) is 14.0 Å². The lowest BCUT2D eigenvalue weighted by Gasteiger charge is -2.38. The number of hydrogen-bond acceptors (Lipinski definition) is 6. The van der Waals surface area contributed by atoms with Crippen LogP contribution in [0, 0.1) is 0 Å². The summed E-state index contributed by atoms with van der Waals surface area (Å²) >= 11 is 3.48. The minimum atomic E-state index is -1.80. The molecule has 0 N–H and O–H groups in total. The molecule has 0 saturated carbocycles. The van der Waals surface area contributed by atoms with Crippen molar-refractivity contribution in [3.05, 3.63) is 22.9 Å². The third-order valence-corrected chi connectivity index (χ3v) is 11.8. The monoisotopic (exact) mass is 553 g/mol. The highest BCUT2D eigenvalue weighted by Gasteiger charge is 2.38. The van der Waals surface area contributed by atoms with Gasteiger partial charge in [-0.3, -0.25) is 9.80 Å². The van der Waals surface area contributed by atoms with E-state index in [1.54, 1.807) is 21.7 Å². The topological polar surface area (TPSA) is 72.2 Å². The molecule has 0 aromatic carbocycles. The number of ether oxygens (including phenoxy) is 1. The van der Waals surface area contributed by atoms with Crippen molar-refractivity contribution in [1.82, 2.24) is 19.5 Å². The van der Waals surface area contributed by atoms with Gasteiger partial charge in [-0.1, -0.05) is 20.8 Å². The van der Waals surface area contributed by atoms with Crippen LogP contribution in [0.1, 0.15) is 54.4 Å². The first-order valence-electron chi connectivity index (χ1n) is 12.1. The molecule has 1 aliphatic rings. The molecule has 10 heteroatoms. The van der Waals surface area contributed by atoms with Crippen molar-refractivity contribution in [1.29, 1.82) is 0 Å². The zero-order valence-electron chi connectivity index (χ0n) is 21.9. The molecule has 34 heavy (non-hydrogen) atoms. The van der Waals surface area contributed by atoms with Gasteiger partial charge in [-0.15, -0.1) is 0 Å². The fraction of sp³-hybridized carbons (Fsp3) is 0.708. The van der Waals surface area contributed by atoms with Crippen molar-refractivity contribution in [2.45, 2.75) is 84.2 Å². The molecule has 0 bridgehead atoms. The van der Waals surface area contributed by atoms with Gasteiger partial charge in [0.1, 0.15) is 11.4 Å². The number of hydrogen-bond donors (Lipinski definition) is 0. The zero-order chi connectivity index (χ0) is 25.3. The Bertz CT molecular complexity index is 999. The second kappa shape index (κ2) is 10.2. The van der Waals surface area contributed by atoms with E-state index in [9.17, 15) is 4.79 Å². The highest BCUT2D eigenvalue weighted by Crippen LogP contribution is 2.37. The zero-order valence-corrected chi connectivity index (χ0v) is 24.5. The lowest BCUT2D eigenvalue weighted by molar-refractivity contribution is 0.0573. The molecular weight excluding hydrogens is 514 g/mol. The Labute approximate surface area is 213 Å². The number of carbonyl (C=O) groups is 1. The van der Waals surface area contributed by atoms with E-state index in [0.29, 0.717) is 24.1 Å². The number of carbonyl (C=O) groups excluding carboxylic acids is 1. The predicted molar refractivity (Wildman–Crippen MR) is 142 cm³/mol. The van der Waals surface area contributed by atoms with E-state index in [-0.39, 0.29) is 5.04 Å². The van der Waals surface area contributed by atoms with Crippen molar-refractivity contribution in [3.63, 3.8) is 0 Å². The molecule has 3 heterocycles. The minimum absolute atomic E-state index is 0.191. The highest BCUT2D eigenvalue weighted by atomic mass is 79.9. The fourth-order valence-electron chi connectivity index (χ4n) is 3.73. The molecule has 8 nitrogen and oxygen atoms in total. The molecule has 1 saturated heterocycles. The molecule has 190 valence electrons. The summed E-state index contributed by atoms with van der Waals surface area (Å²) in [7, 11) is -1.80. The van der Waals surface area contributed by atoms with Gasteiger partial charge in [0, 0.05) is 31.9 Å². The molecule has 1 fully saturated rings. The number of anilines is 1. The molecule has 2 aromatic heterocycles. The van der Waals surface area contributed by atoms with E-state index in [4.69, 9.17) is 9.16 Å². The predicted octanol–water partition coefficient (Wildman–Crippen LogP) is 5.72. The maximum atomic E-state index is 13.2. The van der Waals surface area contributed by atoms with E-state index >= 15 is 0 Å². The van der Waals surface area contributed by atoms with Gasteiger partial charge in [0.25, 0.3) is 0 Å². The van der Waals surface area contributed by atoms with Gasteiger partial charge in [0.2, 0.25) is 0 Å². The molecule has 3 rings (SSSR count). The van der Waals surface area contributed by atoms with Crippen LogP contribution >= 0.6 is 15.9 Å². The summed E-state index contributed by atoms with van der Waals surface area (Å²) in [6.45, 7) is 20.0. The smallest absolute Gasteiger partial charge is 0.416 e. The number of nitrogens with zero attached hydrogens (tertiary/aromatic N) is 5. The van der Waals surface area contributed by atoms with Crippen LogP contribution in [0.2, 0.25) is 18.1 Å². The summed E-state index contributed by atoms with van der Waals surface area (Å²) in [6, 6.07) is 2.17. The van der Waals surface area contributed by atoms with Crippen molar-refractivity contribution in [2.75, 3.05) is 31.1 Å². The van der Waals surface area contributed by atoms with Crippen LogP contribution < -0.4 is 4.90 Å². The first-order chi connectivity index (χ1) is 15.7. The average molecular weight is 555 g/mol. The molecule has 1 atom stereocenters. The Kier molecular flexibility index (Phi) is 8.16. The minimum Gasteiger partial charge on any atom is -0.443 e. The second-order valence-electron chi connectivity index (χ2n) is 11.6. The van der Waals surface area contributed by atoms with Gasteiger partial charge in [-0.2, -0.15) is 5.10 Å². The van der Waals surface area contributed by atoms with Crippen molar-refractivity contribution in [2.24, 2.45) is 0 Å². The first-order valence-corrected chi connectivity index (χ1v) is 15.8. The quantitative estimate of drug-likeness (QED) is 0.408. The lowest BCUT2D eigenvalue weighted by atomic mass is 10.2. The van der Waals surface area contributed by atoms with Crippen LogP contribution in [0.25, 0.3) is 5.65 Å². The van der Waals surface area contributed by atoms with Crippen LogP contribution in [0.15, 0.2) is 22.9 Å². The lowest BCUT2D eigenvalue weighted by Crippen LogP contribution is -2.47. The summed E-state index contributed by atoms with van der Waals surface area (Å²) in [6.07, 6.45) is 5.37. The van der Waals surface area contributed by atoms with E-state index in [1.807, 2.05) is 27.0 Å². The molecule has 1 amide bonds. The Morgan fingerprint density at radius 2 is 1.97 bits per heavy atom. The van der Waals surface area contributed by atoms with E-state index in [0.717, 1.165) is 37.0 Å². The van der Waals surface area contributed by atoms with Crippen molar-refractivity contribution >= 4 is 41.8 Å². The molecule has 2 aromatic rings. The average Bonchev–Trinajstić information content (AvgIpc) is 3.31. The third-order valence-electron chi connectivity index (χ3n) is 6.75. The van der Waals surface area contributed by atoms with Crippen molar-refractivity contribution in [3.8, 4) is 0 Å². The van der Waals surface area contributed by atoms with Crippen LogP contribution in [-0.2, 0) is 9.16 Å². The maximum absolute atomic E-state index is 13.2. The number of likely N-dealkylation sites (tertiary alicyclic amines) is 1. The Hall–Kier alpha value is -1.49. The second-order valence-corrected chi connectivity index (χ2v) is 17.2. The number of halogens is 1. The van der Waals surface area contributed by atoms with Crippen LogP contribution in [-0.4, -0.2) is 71.8 Å². The van der Waals surface area contributed by atoms with Gasteiger partial charge in [-0.25, -0.2) is 14.3 Å². The molecule has 0 aliphatic carbocycles. The van der Waals surface area contributed by atoms with Gasteiger partial charge in [0.05, 0.1) is 10.7 Å². The summed E-state index contributed by atoms with van der Waals surface area (Å²) in [4.78, 5) is 21.9. The van der Waals surface area contributed by atoms with E-state index in [2.05, 4.69) is 64.8 Å². The maximum Gasteiger partial charge on any atom is 0.416 e. The van der Waals surface area contributed by atoms with E-state index in [1.165, 1.54) is 0 Å². The first kappa shape index (κ1) is 27.1. The molecular formula is C24H40BrN5O3Si. The molecule has 0 unspecified atom stereocenters. The third kappa shape index (κ3) is 6.59. The fourth-order valence-corrected chi connectivity index (χ4v) is 5.13.